The highest BCUT2D eigenvalue weighted by molar-refractivity contribution is 9.10. The van der Waals surface area contributed by atoms with Gasteiger partial charge in [-0.25, -0.2) is 0 Å². The predicted molar refractivity (Wildman–Crippen MR) is 90.3 cm³/mol. The first-order valence-electron chi connectivity index (χ1n) is 6.46. The fraction of sp³-hybridized carbons (Fsp3) is 0.0625. The summed E-state index contributed by atoms with van der Waals surface area (Å²) in [6.45, 7) is 0.595. The SMILES string of the molecule is Nc1cn(Cc2ccccc2Cl)nc1-c1cccc(Br)c1. The van der Waals surface area contributed by atoms with Crippen LogP contribution in [0.1, 0.15) is 5.56 Å². The van der Waals surface area contributed by atoms with Gasteiger partial charge in [0, 0.05) is 21.3 Å². The quantitative estimate of drug-likeness (QED) is 0.740. The number of nitrogens with zero attached hydrogens (tertiary/aromatic N) is 2. The topological polar surface area (TPSA) is 43.8 Å². The maximum atomic E-state index is 6.18. The van der Waals surface area contributed by atoms with Crippen LogP contribution in [0.4, 0.5) is 5.69 Å². The van der Waals surface area contributed by atoms with Crippen molar-refractivity contribution in [1.82, 2.24) is 9.78 Å². The molecule has 0 unspecified atom stereocenters. The molecule has 1 aromatic heterocycles. The second-order valence-electron chi connectivity index (χ2n) is 4.73. The van der Waals surface area contributed by atoms with E-state index in [4.69, 9.17) is 17.3 Å². The standard InChI is InChI=1S/C16H13BrClN3/c17-13-6-3-5-11(8-13)16-15(19)10-21(20-16)9-12-4-1-2-7-14(12)18/h1-8,10H,9,19H2. The zero-order chi connectivity index (χ0) is 14.8. The number of benzene rings is 2. The minimum Gasteiger partial charge on any atom is -0.396 e. The average Bonchev–Trinajstić information content (AvgIpc) is 2.82. The van der Waals surface area contributed by atoms with Crippen molar-refractivity contribution in [3.05, 3.63) is 69.8 Å². The van der Waals surface area contributed by atoms with Crippen molar-refractivity contribution in [3.8, 4) is 11.3 Å². The lowest BCUT2D eigenvalue weighted by atomic mass is 10.1. The van der Waals surface area contributed by atoms with Crippen LogP contribution in [-0.4, -0.2) is 9.78 Å². The lowest BCUT2D eigenvalue weighted by molar-refractivity contribution is 0.690. The van der Waals surface area contributed by atoms with E-state index in [9.17, 15) is 0 Å². The van der Waals surface area contributed by atoms with Crippen LogP contribution < -0.4 is 5.73 Å². The summed E-state index contributed by atoms with van der Waals surface area (Å²) in [5, 5.41) is 5.30. The summed E-state index contributed by atoms with van der Waals surface area (Å²) in [5.41, 5.74) is 9.52. The van der Waals surface area contributed by atoms with Gasteiger partial charge >= 0.3 is 0 Å². The Balaban J connectivity index is 1.93. The fourth-order valence-electron chi connectivity index (χ4n) is 2.18. The summed E-state index contributed by atoms with van der Waals surface area (Å²) in [6.07, 6.45) is 1.83. The Morgan fingerprint density at radius 3 is 2.71 bits per heavy atom. The molecule has 0 radical (unpaired) electrons. The van der Waals surface area contributed by atoms with Gasteiger partial charge in [0.05, 0.1) is 12.2 Å². The molecule has 3 nitrogen and oxygen atoms in total. The number of nitrogens with two attached hydrogens (primary N) is 1. The lowest BCUT2D eigenvalue weighted by Crippen LogP contribution is -2.00. The van der Waals surface area contributed by atoms with Crippen LogP contribution in [0.5, 0.6) is 0 Å². The number of halogens is 2. The Hall–Kier alpha value is -1.78. The highest BCUT2D eigenvalue weighted by Gasteiger charge is 2.10. The van der Waals surface area contributed by atoms with Crippen LogP contribution in [0.25, 0.3) is 11.3 Å². The molecule has 0 saturated heterocycles. The molecule has 1 heterocycles. The molecule has 0 atom stereocenters. The molecule has 106 valence electrons. The smallest absolute Gasteiger partial charge is 0.115 e. The molecule has 2 aromatic carbocycles. The molecule has 0 saturated carbocycles. The van der Waals surface area contributed by atoms with E-state index < -0.39 is 0 Å². The van der Waals surface area contributed by atoms with Crippen molar-refractivity contribution in [1.29, 1.82) is 0 Å². The van der Waals surface area contributed by atoms with E-state index in [-0.39, 0.29) is 0 Å². The van der Waals surface area contributed by atoms with Gasteiger partial charge in [0.2, 0.25) is 0 Å². The first kappa shape index (κ1) is 14.2. The number of hydrogen-bond donors (Lipinski definition) is 1. The highest BCUT2D eigenvalue weighted by Crippen LogP contribution is 2.27. The zero-order valence-corrected chi connectivity index (χ0v) is 13.5. The summed E-state index contributed by atoms with van der Waals surface area (Å²) in [7, 11) is 0. The van der Waals surface area contributed by atoms with E-state index in [0.29, 0.717) is 12.2 Å². The monoisotopic (exact) mass is 361 g/mol. The minimum atomic E-state index is 0.595. The summed E-state index contributed by atoms with van der Waals surface area (Å²) >= 11 is 9.64. The molecule has 3 aromatic rings. The Labute approximate surface area is 136 Å². The van der Waals surface area contributed by atoms with Gasteiger partial charge in [0.15, 0.2) is 0 Å². The van der Waals surface area contributed by atoms with Gasteiger partial charge in [-0.05, 0) is 23.8 Å². The molecule has 21 heavy (non-hydrogen) atoms. The molecule has 0 aliphatic rings. The van der Waals surface area contributed by atoms with Crippen molar-refractivity contribution in [2.75, 3.05) is 5.73 Å². The molecule has 0 bridgehead atoms. The Morgan fingerprint density at radius 1 is 1.14 bits per heavy atom. The van der Waals surface area contributed by atoms with Gasteiger partial charge in [-0.1, -0.05) is 57.9 Å². The lowest BCUT2D eigenvalue weighted by Gasteiger charge is -2.04. The van der Waals surface area contributed by atoms with Gasteiger partial charge in [0.25, 0.3) is 0 Å². The van der Waals surface area contributed by atoms with Gasteiger partial charge in [-0.2, -0.15) is 5.10 Å². The average molecular weight is 363 g/mol. The third kappa shape index (κ3) is 3.12. The minimum absolute atomic E-state index is 0.595. The third-order valence-electron chi connectivity index (χ3n) is 3.18. The fourth-order valence-corrected chi connectivity index (χ4v) is 2.77. The van der Waals surface area contributed by atoms with Crippen molar-refractivity contribution >= 4 is 33.2 Å². The number of hydrogen-bond acceptors (Lipinski definition) is 2. The van der Waals surface area contributed by atoms with Gasteiger partial charge < -0.3 is 5.73 Å². The van der Waals surface area contributed by atoms with Crippen LogP contribution in [0, 0.1) is 0 Å². The molecule has 0 spiro atoms. The Bertz CT molecular complexity index is 783. The van der Waals surface area contributed by atoms with Crippen molar-refractivity contribution in [3.63, 3.8) is 0 Å². The predicted octanol–water partition coefficient (Wildman–Crippen LogP) is 4.60. The van der Waals surface area contributed by atoms with Crippen LogP contribution in [0.3, 0.4) is 0 Å². The number of anilines is 1. The molecule has 0 fully saturated rings. The van der Waals surface area contributed by atoms with Crippen LogP contribution >= 0.6 is 27.5 Å². The maximum Gasteiger partial charge on any atom is 0.115 e. The van der Waals surface area contributed by atoms with E-state index in [1.165, 1.54) is 0 Å². The van der Waals surface area contributed by atoms with Crippen LogP contribution in [0.15, 0.2) is 59.2 Å². The van der Waals surface area contributed by atoms with Crippen molar-refractivity contribution in [2.24, 2.45) is 0 Å². The van der Waals surface area contributed by atoms with Crippen LogP contribution in [0.2, 0.25) is 5.02 Å². The van der Waals surface area contributed by atoms with Gasteiger partial charge in [-0.15, -0.1) is 0 Å². The van der Waals surface area contributed by atoms with Crippen molar-refractivity contribution < 1.29 is 0 Å². The molecular weight excluding hydrogens is 350 g/mol. The zero-order valence-electron chi connectivity index (χ0n) is 11.1. The summed E-state index contributed by atoms with van der Waals surface area (Å²) < 4.78 is 2.81. The number of aromatic nitrogens is 2. The summed E-state index contributed by atoms with van der Waals surface area (Å²) in [6, 6.07) is 15.7. The second kappa shape index (κ2) is 5.92. The van der Waals surface area contributed by atoms with E-state index in [0.717, 1.165) is 26.3 Å². The van der Waals surface area contributed by atoms with Crippen molar-refractivity contribution in [2.45, 2.75) is 6.54 Å². The van der Waals surface area contributed by atoms with Crippen LogP contribution in [-0.2, 0) is 6.54 Å². The van der Waals surface area contributed by atoms with Gasteiger partial charge in [-0.3, -0.25) is 4.68 Å². The molecular formula is C16H13BrClN3. The van der Waals surface area contributed by atoms with Gasteiger partial charge in [0.1, 0.15) is 5.69 Å². The maximum absolute atomic E-state index is 6.18. The second-order valence-corrected chi connectivity index (χ2v) is 6.06. The molecule has 3 rings (SSSR count). The summed E-state index contributed by atoms with van der Waals surface area (Å²) in [5.74, 6) is 0. The van der Waals surface area contributed by atoms with E-state index in [2.05, 4.69) is 21.0 Å². The molecule has 0 aliphatic carbocycles. The summed E-state index contributed by atoms with van der Waals surface area (Å²) in [4.78, 5) is 0. The largest absolute Gasteiger partial charge is 0.396 e. The van der Waals surface area contributed by atoms with E-state index in [1.54, 1.807) is 0 Å². The molecule has 5 heteroatoms. The molecule has 2 N–H and O–H groups in total. The Kier molecular flexibility index (Phi) is 3.99. The van der Waals surface area contributed by atoms with E-state index in [1.807, 2.05) is 59.4 Å². The normalized spacial score (nSPS) is 10.8. The third-order valence-corrected chi connectivity index (χ3v) is 4.04. The van der Waals surface area contributed by atoms with E-state index >= 15 is 0 Å². The molecule has 0 amide bonds. The number of nitrogen functional groups attached to an aromatic ring is 1. The molecule has 0 aliphatic heterocycles. The number of rotatable bonds is 3. The Morgan fingerprint density at radius 2 is 1.95 bits per heavy atom. The first-order chi connectivity index (χ1) is 10.1. The first-order valence-corrected chi connectivity index (χ1v) is 7.63. The highest BCUT2D eigenvalue weighted by atomic mass is 79.9.